The molecule has 0 saturated carbocycles. The monoisotopic (exact) mass is 324 g/mol. The molecule has 0 spiro atoms. The predicted octanol–water partition coefficient (Wildman–Crippen LogP) is 4.55. The smallest absolute Gasteiger partial charge is 0.123 e. The van der Waals surface area contributed by atoms with Crippen molar-refractivity contribution < 1.29 is 4.39 Å². The zero-order valence-electron chi connectivity index (χ0n) is 11.2. The van der Waals surface area contributed by atoms with E-state index in [1.807, 2.05) is 18.2 Å². The number of fused-ring (bicyclic) bond motifs is 1. The number of benzene rings is 2. The molecule has 0 aliphatic carbocycles. The molecule has 110 valence electrons. The molecule has 21 heavy (non-hydrogen) atoms. The number of aromatic amines is 1. The van der Waals surface area contributed by atoms with Gasteiger partial charge in [0.05, 0.1) is 0 Å². The standard InChI is InChI=1S/C16H14ClFN2.ClH/c17-11-3-6-15-14(9-11)13(7-8-19)16(20-15)10-1-4-12(18)5-2-10;/h1-6,9,20H,7-8,19H2;1H. The van der Waals surface area contributed by atoms with Gasteiger partial charge in [-0.1, -0.05) is 11.6 Å². The van der Waals surface area contributed by atoms with Crippen LogP contribution in [0.5, 0.6) is 0 Å². The van der Waals surface area contributed by atoms with Crippen molar-refractivity contribution in [2.45, 2.75) is 6.42 Å². The Morgan fingerprint density at radius 1 is 1.10 bits per heavy atom. The van der Waals surface area contributed by atoms with Gasteiger partial charge in [-0.3, -0.25) is 0 Å². The summed E-state index contributed by atoms with van der Waals surface area (Å²) in [5.74, 6) is -0.242. The number of aromatic nitrogens is 1. The second-order valence-electron chi connectivity index (χ2n) is 4.71. The first kappa shape index (κ1) is 15.8. The molecule has 2 aromatic carbocycles. The minimum atomic E-state index is -0.242. The predicted molar refractivity (Wildman–Crippen MR) is 88.7 cm³/mol. The van der Waals surface area contributed by atoms with Crippen molar-refractivity contribution in [2.75, 3.05) is 6.54 Å². The Labute approximate surface area is 133 Å². The van der Waals surface area contributed by atoms with Crippen molar-refractivity contribution in [3.8, 4) is 11.3 Å². The fraction of sp³-hybridized carbons (Fsp3) is 0.125. The van der Waals surface area contributed by atoms with Crippen LogP contribution in [0.2, 0.25) is 5.02 Å². The van der Waals surface area contributed by atoms with Gasteiger partial charge in [-0.25, -0.2) is 4.39 Å². The lowest BCUT2D eigenvalue weighted by Gasteiger charge is -2.04. The lowest BCUT2D eigenvalue weighted by atomic mass is 10.0. The summed E-state index contributed by atoms with van der Waals surface area (Å²) < 4.78 is 13.1. The number of hydrogen-bond donors (Lipinski definition) is 2. The van der Waals surface area contributed by atoms with Crippen LogP contribution in [0.3, 0.4) is 0 Å². The quantitative estimate of drug-likeness (QED) is 0.729. The van der Waals surface area contributed by atoms with Crippen LogP contribution in [0.4, 0.5) is 4.39 Å². The molecular formula is C16H15Cl2FN2. The van der Waals surface area contributed by atoms with Gasteiger partial charge in [0.25, 0.3) is 0 Å². The van der Waals surface area contributed by atoms with Gasteiger partial charge >= 0.3 is 0 Å². The van der Waals surface area contributed by atoms with E-state index in [0.717, 1.165) is 34.1 Å². The maximum Gasteiger partial charge on any atom is 0.123 e. The molecule has 0 unspecified atom stereocenters. The first-order valence-corrected chi connectivity index (χ1v) is 6.83. The third kappa shape index (κ3) is 3.05. The van der Waals surface area contributed by atoms with Crippen molar-refractivity contribution in [3.63, 3.8) is 0 Å². The lowest BCUT2D eigenvalue weighted by Crippen LogP contribution is -2.03. The van der Waals surface area contributed by atoms with Gasteiger partial charge in [-0.15, -0.1) is 12.4 Å². The largest absolute Gasteiger partial charge is 0.354 e. The molecule has 0 amide bonds. The molecule has 0 radical (unpaired) electrons. The maximum absolute atomic E-state index is 13.1. The van der Waals surface area contributed by atoms with Gasteiger partial charge < -0.3 is 10.7 Å². The van der Waals surface area contributed by atoms with E-state index < -0.39 is 0 Å². The summed E-state index contributed by atoms with van der Waals surface area (Å²) in [5.41, 5.74) is 9.77. The van der Waals surface area contributed by atoms with Gasteiger partial charge in [0.15, 0.2) is 0 Å². The summed E-state index contributed by atoms with van der Waals surface area (Å²) >= 11 is 6.07. The van der Waals surface area contributed by atoms with Gasteiger partial charge in [-0.05, 0) is 66.6 Å². The summed E-state index contributed by atoms with van der Waals surface area (Å²) in [4.78, 5) is 3.38. The molecule has 0 aliphatic heterocycles. The highest BCUT2D eigenvalue weighted by Gasteiger charge is 2.13. The summed E-state index contributed by atoms with van der Waals surface area (Å²) in [6.07, 6.45) is 0.743. The number of nitrogens with two attached hydrogens (primary N) is 1. The zero-order chi connectivity index (χ0) is 14.1. The first-order chi connectivity index (χ1) is 9.69. The maximum atomic E-state index is 13.1. The summed E-state index contributed by atoms with van der Waals surface area (Å²) in [6.45, 7) is 0.549. The highest BCUT2D eigenvalue weighted by Crippen LogP contribution is 2.32. The van der Waals surface area contributed by atoms with Crippen LogP contribution in [-0.4, -0.2) is 11.5 Å². The van der Waals surface area contributed by atoms with Gasteiger partial charge in [0.1, 0.15) is 5.82 Å². The van der Waals surface area contributed by atoms with Crippen LogP contribution >= 0.6 is 24.0 Å². The molecular weight excluding hydrogens is 310 g/mol. The van der Waals surface area contributed by atoms with E-state index in [9.17, 15) is 4.39 Å². The van der Waals surface area contributed by atoms with E-state index in [1.165, 1.54) is 12.1 Å². The van der Waals surface area contributed by atoms with E-state index in [0.29, 0.717) is 11.6 Å². The average Bonchev–Trinajstić information content (AvgIpc) is 2.79. The van der Waals surface area contributed by atoms with Crippen LogP contribution in [0.15, 0.2) is 42.5 Å². The normalized spacial score (nSPS) is 10.6. The molecule has 1 heterocycles. The topological polar surface area (TPSA) is 41.8 Å². The van der Waals surface area contributed by atoms with Crippen molar-refractivity contribution in [3.05, 3.63) is 58.9 Å². The third-order valence-electron chi connectivity index (χ3n) is 3.40. The van der Waals surface area contributed by atoms with Gasteiger partial charge in [0.2, 0.25) is 0 Å². The number of rotatable bonds is 3. The molecule has 3 aromatic rings. The van der Waals surface area contributed by atoms with E-state index in [4.69, 9.17) is 17.3 Å². The van der Waals surface area contributed by atoms with E-state index >= 15 is 0 Å². The van der Waals surface area contributed by atoms with Crippen LogP contribution in [-0.2, 0) is 6.42 Å². The Hall–Kier alpha value is -1.55. The molecule has 3 rings (SSSR count). The second kappa shape index (κ2) is 6.48. The summed E-state index contributed by atoms with van der Waals surface area (Å²) in [7, 11) is 0. The molecule has 0 fully saturated rings. The number of nitrogens with one attached hydrogen (secondary N) is 1. The highest BCUT2D eigenvalue weighted by molar-refractivity contribution is 6.31. The van der Waals surface area contributed by atoms with Crippen LogP contribution in [0.25, 0.3) is 22.2 Å². The third-order valence-corrected chi connectivity index (χ3v) is 3.63. The highest BCUT2D eigenvalue weighted by atomic mass is 35.5. The Morgan fingerprint density at radius 2 is 1.81 bits per heavy atom. The Kier molecular flexibility index (Phi) is 4.88. The second-order valence-corrected chi connectivity index (χ2v) is 5.15. The van der Waals surface area contributed by atoms with Crippen molar-refractivity contribution in [1.29, 1.82) is 0 Å². The first-order valence-electron chi connectivity index (χ1n) is 6.45. The number of H-pyrrole nitrogens is 1. The van der Waals surface area contributed by atoms with Crippen LogP contribution in [0.1, 0.15) is 5.56 Å². The molecule has 0 atom stereocenters. The zero-order valence-corrected chi connectivity index (χ0v) is 12.8. The molecule has 0 bridgehead atoms. The number of halogens is 3. The fourth-order valence-corrected chi connectivity index (χ4v) is 2.66. The van der Waals surface area contributed by atoms with E-state index in [1.54, 1.807) is 12.1 Å². The van der Waals surface area contributed by atoms with Crippen molar-refractivity contribution in [2.24, 2.45) is 5.73 Å². The Morgan fingerprint density at radius 3 is 2.48 bits per heavy atom. The Bertz CT molecular complexity index is 751. The molecule has 5 heteroatoms. The van der Waals surface area contributed by atoms with Crippen LogP contribution < -0.4 is 5.73 Å². The van der Waals surface area contributed by atoms with Crippen LogP contribution in [0, 0.1) is 5.82 Å². The Balaban J connectivity index is 0.00000161. The van der Waals surface area contributed by atoms with Gasteiger partial charge in [-0.2, -0.15) is 0 Å². The molecule has 3 N–H and O–H groups in total. The summed E-state index contributed by atoms with van der Waals surface area (Å²) in [5, 5.41) is 1.77. The molecule has 0 saturated heterocycles. The average molecular weight is 325 g/mol. The van der Waals surface area contributed by atoms with Crippen molar-refractivity contribution >= 4 is 34.9 Å². The lowest BCUT2D eigenvalue weighted by molar-refractivity contribution is 0.628. The minimum absolute atomic E-state index is 0. The molecule has 2 nitrogen and oxygen atoms in total. The van der Waals surface area contributed by atoms with E-state index in [2.05, 4.69) is 4.98 Å². The molecule has 0 aliphatic rings. The van der Waals surface area contributed by atoms with Gasteiger partial charge in [0, 0.05) is 21.6 Å². The van der Waals surface area contributed by atoms with E-state index in [-0.39, 0.29) is 18.2 Å². The minimum Gasteiger partial charge on any atom is -0.354 e. The fourth-order valence-electron chi connectivity index (χ4n) is 2.49. The molecule has 1 aromatic heterocycles. The summed E-state index contributed by atoms with van der Waals surface area (Å²) in [6, 6.07) is 12.2. The van der Waals surface area contributed by atoms with Crippen molar-refractivity contribution in [1.82, 2.24) is 4.98 Å². The SMILES string of the molecule is Cl.NCCc1c(-c2ccc(F)cc2)[nH]c2ccc(Cl)cc12. The number of hydrogen-bond acceptors (Lipinski definition) is 1.